The van der Waals surface area contributed by atoms with E-state index < -0.39 is 17.7 Å². The van der Waals surface area contributed by atoms with Gasteiger partial charge in [0.1, 0.15) is 18.0 Å². The highest BCUT2D eigenvalue weighted by molar-refractivity contribution is 5.68. The van der Waals surface area contributed by atoms with Gasteiger partial charge in [-0.1, -0.05) is 6.07 Å². The number of ether oxygens (including phenoxy) is 1. The number of hydrogen-bond acceptors (Lipinski definition) is 3. The Bertz CT molecular complexity index is 544. The molecule has 1 fully saturated rings. The topological polar surface area (TPSA) is 50.1 Å². The van der Waals surface area contributed by atoms with Crippen LogP contribution in [-0.4, -0.2) is 12.9 Å². The van der Waals surface area contributed by atoms with Crippen LogP contribution in [0.3, 0.4) is 0 Å². The zero-order chi connectivity index (χ0) is 14.8. The molecule has 20 heavy (non-hydrogen) atoms. The number of benzene rings is 1. The number of nitriles is 1. The normalized spacial score (nSPS) is 16.3. The molecule has 1 aliphatic rings. The van der Waals surface area contributed by atoms with Crippen LogP contribution < -0.4 is 4.74 Å². The highest BCUT2D eigenvalue weighted by atomic mass is 19.4. The van der Waals surface area contributed by atoms with Crippen molar-refractivity contribution in [2.24, 2.45) is 5.92 Å². The minimum Gasteiger partial charge on any atom is -0.493 e. The number of rotatable bonds is 5. The lowest BCUT2D eigenvalue weighted by atomic mass is 9.96. The number of carbonyl (C=O) groups excluding carboxylic acids is 1. The zero-order valence-corrected chi connectivity index (χ0v) is 10.5. The maximum Gasteiger partial charge on any atom is 0.416 e. The van der Waals surface area contributed by atoms with Crippen molar-refractivity contribution in [2.45, 2.75) is 24.9 Å². The average molecular weight is 283 g/mol. The summed E-state index contributed by atoms with van der Waals surface area (Å²) in [6, 6.07) is 4.90. The number of aldehydes is 1. The van der Waals surface area contributed by atoms with Crippen molar-refractivity contribution in [2.75, 3.05) is 6.61 Å². The van der Waals surface area contributed by atoms with Gasteiger partial charge in [-0.3, -0.25) is 0 Å². The fourth-order valence-electron chi connectivity index (χ4n) is 1.81. The Hall–Kier alpha value is -2.03. The molecule has 0 amide bonds. The van der Waals surface area contributed by atoms with Gasteiger partial charge in [0.2, 0.25) is 0 Å². The molecule has 6 heteroatoms. The Balaban J connectivity index is 2.31. The Morgan fingerprint density at radius 2 is 2.15 bits per heavy atom. The molecule has 1 aromatic carbocycles. The van der Waals surface area contributed by atoms with Crippen molar-refractivity contribution >= 4 is 6.29 Å². The summed E-state index contributed by atoms with van der Waals surface area (Å²) in [5, 5.41) is 8.74. The van der Waals surface area contributed by atoms with Gasteiger partial charge in [0.05, 0.1) is 18.2 Å². The molecule has 0 aliphatic heterocycles. The lowest BCUT2D eigenvalue weighted by molar-refractivity contribution is -0.138. The summed E-state index contributed by atoms with van der Waals surface area (Å²) >= 11 is 0. The second-order valence-corrected chi connectivity index (χ2v) is 4.74. The lowest BCUT2D eigenvalue weighted by Gasteiger charge is -2.15. The smallest absolute Gasteiger partial charge is 0.416 e. The third-order valence-corrected chi connectivity index (χ3v) is 3.12. The van der Waals surface area contributed by atoms with E-state index in [1.165, 1.54) is 6.07 Å². The number of carbonyl (C=O) groups is 1. The molecule has 0 spiro atoms. The predicted octanol–water partition coefficient (Wildman–Crippen LogP) is 3.30. The first-order chi connectivity index (χ1) is 9.45. The molecule has 1 saturated carbocycles. The van der Waals surface area contributed by atoms with E-state index in [-0.39, 0.29) is 17.6 Å². The van der Waals surface area contributed by atoms with Gasteiger partial charge in [-0.2, -0.15) is 18.4 Å². The molecule has 0 unspecified atom stereocenters. The SMILES string of the molecule is N#C[C@@H](C=O)c1ccc(OCC2CC2)cc1C(F)(F)F. The van der Waals surface area contributed by atoms with Gasteiger partial charge >= 0.3 is 6.18 Å². The van der Waals surface area contributed by atoms with Crippen molar-refractivity contribution in [1.82, 2.24) is 0 Å². The van der Waals surface area contributed by atoms with Gasteiger partial charge in [-0.05, 0) is 36.5 Å². The summed E-state index contributed by atoms with van der Waals surface area (Å²) in [4.78, 5) is 10.7. The molecule has 1 aliphatic carbocycles. The molecular formula is C14H12F3NO2. The van der Waals surface area contributed by atoms with E-state index in [9.17, 15) is 18.0 Å². The number of alkyl halides is 3. The minimum absolute atomic E-state index is 0.107. The molecular weight excluding hydrogens is 271 g/mol. The van der Waals surface area contributed by atoms with E-state index in [4.69, 9.17) is 10.00 Å². The molecule has 0 aromatic heterocycles. The summed E-state index contributed by atoms with van der Waals surface area (Å²) in [5.74, 6) is -0.898. The molecule has 1 aromatic rings. The Labute approximate surface area is 114 Å². The Kier molecular flexibility index (Phi) is 3.98. The van der Waals surface area contributed by atoms with Gasteiger partial charge in [-0.25, -0.2) is 0 Å². The largest absolute Gasteiger partial charge is 0.493 e. The van der Waals surface area contributed by atoms with Crippen LogP contribution in [0, 0.1) is 17.2 Å². The van der Waals surface area contributed by atoms with Crippen LogP contribution >= 0.6 is 0 Å². The van der Waals surface area contributed by atoms with E-state index >= 15 is 0 Å². The van der Waals surface area contributed by atoms with Gasteiger partial charge in [0.25, 0.3) is 0 Å². The molecule has 2 rings (SSSR count). The van der Waals surface area contributed by atoms with Gasteiger partial charge in [0.15, 0.2) is 0 Å². The maximum absolute atomic E-state index is 13.0. The highest BCUT2D eigenvalue weighted by Gasteiger charge is 2.36. The molecule has 0 saturated heterocycles. The maximum atomic E-state index is 13.0. The number of halogens is 3. The van der Waals surface area contributed by atoms with Crippen molar-refractivity contribution in [3.05, 3.63) is 29.3 Å². The minimum atomic E-state index is -4.63. The van der Waals surface area contributed by atoms with Gasteiger partial charge < -0.3 is 9.53 Å². The van der Waals surface area contributed by atoms with Crippen molar-refractivity contribution in [3.8, 4) is 11.8 Å². The third kappa shape index (κ3) is 3.29. The first-order valence-electron chi connectivity index (χ1n) is 6.14. The van der Waals surface area contributed by atoms with Crippen LogP contribution in [0.2, 0.25) is 0 Å². The monoisotopic (exact) mass is 283 g/mol. The van der Waals surface area contributed by atoms with Crippen LogP contribution in [0.15, 0.2) is 18.2 Å². The summed E-state index contributed by atoms with van der Waals surface area (Å²) in [6.45, 7) is 0.395. The number of nitrogens with zero attached hydrogens (tertiary/aromatic N) is 1. The molecule has 0 N–H and O–H groups in total. The average Bonchev–Trinajstić information content (AvgIpc) is 3.21. The second kappa shape index (κ2) is 5.53. The Morgan fingerprint density at radius 3 is 2.65 bits per heavy atom. The fraction of sp³-hybridized carbons (Fsp3) is 0.429. The van der Waals surface area contributed by atoms with Crippen LogP contribution in [0.5, 0.6) is 5.75 Å². The van der Waals surface area contributed by atoms with E-state index in [2.05, 4.69) is 0 Å². The van der Waals surface area contributed by atoms with Gasteiger partial charge in [-0.15, -0.1) is 0 Å². The zero-order valence-electron chi connectivity index (χ0n) is 10.5. The first-order valence-corrected chi connectivity index (χ1v) is 6.14. The lowest BCUT2D eigenvalue weighted by Crippen LogP contribution is -2.13. The predicted molar refractivity (Wildman–Crippen MR) is 64.1 cm³/mol. The van der Waals surface area contributed by atoms with Crippen LogP contribution in [0.25, 0.3) is 0 Å². The molecule has 0 heterocycles. The summed E-state index contributed by atoms with van der Waals surface area (Å²) in [5.41, 5.74) is -1.33. The summed E-state index contributed by atoms with van der Waals surface area (Å²) in [6.07, 6.45) is -2.36. The molecule has 106 valence electrons. The van der Waals surface area contributed by atoms with Crippen LogP contribution in [0.1, 0.15) is 29.9 Å². The number of hydrogen-bond donors (Lipinski definition) is 0. The quantitative estimate of drug-likeness (QED) is 0.779. The molecule has 0 radical (unpaired) electrons. The van der Waals surface area contributed by atoms with Crippen LogP contribution in [-0.2, 0) is 11.0 Å². The third-order valence-electron chi connectivity index (χ3n) is 3.12. The van der Waals surface area contributed by atoms with Crippen molar-refractivity contribution < 1.29 is 22.7 Å². The van der Waals surface area contributed by atoms with Crippen molar-refractivity contribution in [1.29, 1.82) is 5.26 Å². The highest BCUT2D eigenvalue weighted by Crippen LogP contribution is 2.37. The van der Waals surface area contributed by atoms with E-state index in [1.807, 2.05) is 0 Å². The molecule has 3 nitrogen and oxygen atoms in total. The van der Waals surface area contributed by atoms with E-state index in [0.29, 0.717) is 12.5 Å². The Morgan fingerprint density at radius 1 is 1.45 bits per heavy atom. The van der Waals surface area contributed by atoms with Crippen LogP contribution in [0.4, 0.5) is 13.2 Å². The summed E-state index contributed by atoms with van der Waals surface area (Å²) < 4.78 is 44.3. The van der Waals surface area contributed by atoms with E-state index in [0.717, 1.165) is 25.0 Å². The first kappa shape index (κ1) is 14.4. The fourth-order valence-corrected chi connectivity index (χ4v) is 1.81. The van der Waals surface area contributed by atoms with Crippen molar-refractivity contribution in [3.63, 3.8) is 0 Å². The van der Waals surface area contributed by atoms with E-state index in [1.54, 1.807) is 6.07 Å². The standard InChI is InChI=1S/C14H12F3NO2/c15-14(16,17)13-5-11(20-8-9-1-2-9)3-4-12(13)10(6-18)7-19/h3-5,7,9-10H,1-2,8H2/t10-/m0/s1. The van der Waals surface area contributed by atoms with Gasteiger partial charge in [0, 0.05) is 0 Å². The molecule has 0 bridgehead atoms. The molecule has 1 atom stereocenters. The second-order valence-electron chi connectivity index (χ2n) is 4.74. The summed E-state index contributed by atoms with van der Waals surface area (Å²) in [7, 11) is 0.